The molecule has 0 radical (unpaired) electrons. The van der Waals surface area contributed by atoms with Crippen molar-refractivity contribution in [2.75, 3.05) is 6.54 Å². The highest BCUT2D eigenvalue weighted by atomic mass is 19.1. The van der Waals surface area contributed by atoms with Gasteiger partial charge in [-0.05, 0) is 25.1 Å². The lowest BCUT2D eigenvalue weighted by Crippen LogP contribution is -2.29. The molecule has 2 atom stereocenters. The molecule has 0 aliphatic carbocycles. The molecule has 1 heterocycles. The Balaban J connectivity index is 2.27. The lowest BCUT2D eigenvalue weighted by Gasteiger charge is -2.25. The Hall–Kier alpha value is -1.49. The lowest BCUT2D eigenvalue weighted by molar-refractivity contribution is -0.129. The second kappa shape index (κ2) is 4.41. The van der Waals surface area contributed by atoms with Crippen molar-refractivity contribution in [2.45, 2.75) is 25.5 Å². The zero-order valence-electron chi connectivity index (χ0n) is 9.36. The Kier molecular flexibility index (Phi) is 3.11. The van der Waals surface area contributed by atoms with Crippen molar-refractivity contribution in [3.8, 4) is 0 Å². The van der Waals surface area contributed by atoms with Gasteiger partial charge in [0, 0.05) is 12.1 Å². The van der Waals surface area contributed by atoms with Gasteiger partial charge in [-0.15, -0.1) is 0 Å². The molecule has 1 fully saturated rings. The molecule has 2 rings (SSSR count). The molecule has 2 unspecified atom stereocenters. The van der Waals surface area contributed by atoms with E-state index in [0.29, 0.717) is 0 Å². The van der Waals surface area contributed by atoms with Gasteiger partial charge >= 0.3 is 0 Å². The summed E-state index contributed by atoms with van der Waals surface area (Å²) in [6.45, 7) is 1.78. The van der Waals surface area contributed by atoms with E-state index >= 15 is 0 Å². The van der Waals surface area contributed by atoms with Crippen LogP contribution in [0.2, 0.25) is 0 Å². The number of benzene rings is 1. The number of aliphatic hydroxyl groups is 1. The van der Waals surface area contributed by atoms with E-state index in [2.05, 4.69) is 0 Å². The van der Waals surface area contributed by atoms with Gasteiger partial charge in [0.1, 0.15) is 11.6 Å². The van der Waals surface area contributed by atoms with E-state index in [9.17, 15) is 18.7 Å². The molecule has 1 aromatic rings. The summed E-state index contributed by atoms with van der Waals surface area (Å²) >= 11 is 0. The first-order valence-corrected chi connectivity index (χ1v) is 5.41. The van der Waals surface area contributed by atoms with Gasteiger partial charge in [0.05, 0.1) is 18.6 Å². The zero-order valence-corrected chi connectivity index (χ0v) is 9.36. The molecular formula is C12H13F2NO2. The van der Waals surface area contributed by atoms with Crippen LogP contribution in [-0.4, -0.2) is 28.6 Å². The summed E-state index contributed by atoms with van der Waals surface area (Å²) in [5.41, 5.74) is 0.132. The van der Waals surface area contributed by atoms with Gasteiger partial charge in [-0.25, -0.2) is 8.78 Å². The summed E-state index contributed by atoms with van der Waals surface area (Å²) in [4.78, 5) is 12.9. The molecule has 0 aromatic heterocycles. The fourth-order valence-electron chi connectivity index (χ4n) is 2.09. The van der Waals surface area contributed by atoms with Crippen LogP contribution in [0.4, 0.5) is 8.78 Å². The Morgan fingerprint density at radius 2 is 2.18 bits per heavy atom. The van der Waals surface area contributed by atoms with E-state index in [0.717, 1.165) is 18.2 Å². The predicted molar refractivity (Wildman–Crippen MR) is 57.1 cm³/mol. The van der Waals surface area contributed by atoms with Gasteiger partial charge in [0.2, 0.25) is 5.91 Å². The van der Waals surface area contributed by atoms with E-state index in [1.807, 2.05) is 0 Å². The third kappa shape index (κ3) is 2.29. The molecule has 1 saturated heterocycles. The van der Waals surface area contributed by atoms with E-state index < -0.39 is 23.8 Å². The standard InChI is InChI=1S/C12H13F2NO2/c1-7(15-6-9(16)5-12(15)17)10-4-8(13)2-3-11(10)14/h2-4,7,9,16H,5-6H2,1H3. The van der Waals surface area contributed by atoms with E-state index in [1.165, 1.54) is 4.90 Å². The summed E-state index contributed by atoms with van der Waals surface area (Å²) in [6, 6.07) is 2.58. The molecule has 3 nitrogen and oxygen atoms in total. The van der Waals surface area contributed by atoms with Crippen LogP contribution in [0.3, 0.4) is 0 Å². The second-order valence-electron chi connectivity index (χ2n) is 4.25. The fraction of sp³-hybridized carbons (Fsp3) is 0.417. The first-order valence-electron chi connectivity index (χ1n) is 5.41. The molecule has 0 bridgehead atoms. The Morgan fingerprint density at radius 3 is 2.76 bits per heavy atom. The topological polar surface area (TPSA) is 40.5 Å². The second-order valence-corrected chi connectivity index (χ2v) is 4.25. The Morgan fingerprint density at radius 1 is 1.47 bits per heavy atom. The average Bonchev–Trinajstić information content (AvgIpc) is 2.60. The maximum absolute atomic E-state index is 13.5. The van der Waals surface area contributed by atoms with E-state index in [4.69, 9.17) is 0 Å². The zero-order chi connectivity index (χ0) is 12.6. The molecule has 1 aliphatic heterocycles. The number of hydrogen-bond donors (Lipinski definition) is 1. The largest absolute Gasteiger partial charge is 0.391 e. The third-order valence-electron chi connectivity index (χ3n) is 3.01. The Labute approximate surface area is 97.7 Å². The molecule has 1 aliphatic rings. The SMILES string of the molecule is CC(c1cc(F)ccc1F)N1CC(O)CC1=O. The number of carbonyl (C=O) groups is 1. The normalized spacial score (nSPS) is 22.0. The number of hydrogen-bond acceptors (Lipinski definition) is 2. The van der Waals surface area contributed by atoms with E-state index in [-0.39, 0.29) is 24.4 Å². The predicted octanol–water partition coefficient (Wildman–Crippen LogP) is 1.62. The maximum Gasteiger partial charge on any atom is 0.225 e. The quantitative estimate of drug-likeness (QED) is 0.854. The van der Waals surface area contributed by atoms with Crippen molar-refractivity contribution >= 4 is 5.91 Å². The molecule has 5 heteroatoms. The number of nitrogens with zero attached hydrogens (tertiary/aromatic N) is 1. The van der Waals surface area contributed by atoms with Crippen molar-refractivity contribution in [3.63, 3.8) is 0 Å². The van der Waals surface area contributed by atoms with Crippen LogP contribution < -0.4 is 0 Å². The summed E-state index contributed by atoms with van der Waals surface area (Å²) in [6.07, 6.45) is -0.678. The molecule has 92 valence electrons. The highest BCUT2D eigenvalue weighted by Gasteiger charge is 2.32. The smallest absolute Gasteiger partial charge is 0.225 e. The Bertz CT molecular complexity index is 450. The number of carbonyl (C=O) groups excluding carboxylic acids is 1. The average molecular weight is 241 g/mol. The number of likely N-dealkylation sites (tertiary alicyclic amines) is 1. The molecular weight excluding hydrogens is 228 g/mol. The molecule has 0 spiro atoms. The maximum atomic E-state index is 13.5. The van der Waals surface area contributed by atoms with Crippen LogP contribution in [0.5, 0.6) is 0 Å². The number of aliphatic hydroxyl groups excluding tert-OH is 1. The fourth-order valence-corrected chi connectivity index (χ4v) is 2.09. The molecule has 1 amide bonds. The molecule has 17 heavy (non-hydrogen) atoms. The van der Waals surface area contributed by atoms with Crippen LogP contribution >= 0.6 is 0 Å². The van der Waals surface area contributed by atoms with Crippen molar-refractivity contribution in [1.29, 1.82) is 0 Å². The van der Waals surface area contributed by atoms with Crippen molar-refractivity contribution < 1.29 is 18.7 Å². The van der Waals surface area contributed by atoms with E-state index in [1.54, 1.807) is 6.92 Å². The number of β-amino-alcohol motifs (C(OH)–C–C–N with tert-alkyl or cyclic N) is 1. The van der Waals surface area contributed by atoms with Crippen molar-refractivity contribution in [1.82, 2.24) is 4.90 Å². The van der Waals surface area contributed by atoms with Crippen molar-refractivity contribution in [3.05, 3.63) is 35.4 Å². The first-order chi connectivity index (χ1) is 7.99. The summed E-state index contributed by atoms with van der Waals surface area (Å²) in [5, 5.41) is 9.36. The van der Waals surface area contributed by atoms with Crippen LogP contribution in [0.25, 0.3) is 0 Å². The van der Waals surface area contributed by atoms with Gasteiger partial charge in [0.15, 0.2) is 0 Å². The minimum Gasteiger partial charge on any atom is -0.391 e. The highest BCUT2D eigenvalue weighted by Crippen LogP contribution is 2.27. The minimum absolute atomic E-state index is 0.0429. The van der Waals surface area contributed by atoms with Crippen molar-refractivity contribution in [2.24, 2.45) is 0 Å². The van der Waals surface area contributed by atoms with Crippen LogP contribution in [0.15, 0.2) is 18.2 Å². The van der Waals surface area contributed by atoms with Gasteiger partial charge in [-0.3, -0.25) is 4.79 Å². The van der Waals surface area contributed by atoms with Gasteiger partial charge in [-0.1, -0.05) is 0 Å². The van der Waals surface area contributed by atoms with Gasteiger partial charge in [0.25, 0.3) is 0 Å². The van der Waals surface area contributed by atoms with Gasteiger partial charge in [-0.2, -0.15) is 0 Å². The third-order valence-corrected chi connectivity index (χ3v) is 3.01. The van der Waals surface area contributed by atoms with Gasteiger partial charge < -0.3 is 10.0 Å². The molecule has 1 N–H and O–H groups in total. The molecule has 0 saturated carbocycles. The number of halogens is 2. The number of amides is 1. The monoisotopic (exact) mass is 241 g/mol. The first kappa shape index (κ1) is 12.0. The molecule has 1 aromatic carbocycles. The summed E-state index contributed by atoms with van der Waals surface area (Å²) < 4.78 is 26.6. The van der Waals surface area contributed by atoms with Crippen LogP contribution in [0.1, 0.15) is 24.9 Å². The lowest BCUT2D eigenvalue weighted by atomic mass is 10.1. The summed E-state index contributed by atoms with van der Waals surface area (Å²) in [7, 11) is 0. The summed E-state index contributed by atoms with van der Waals surface area (Å²) in [5.74, 6) is -1.33. The number of rotatable bonds is 2. The highest BCUT2D eigenvalue weighted by molar-refractivity contribution is 5.79. The van der Waals surface area contributed by atoms with Crippen LogP contribution in [-0.2, 0) is 4.79 Å². The minimum atomic E-state index is -0.721. The van der Waals surface area contributed by atoms with Crippen LogP contribution in [0, 0.1) is 11.6 Å².